The maximum Gasteiger partial charge on any atom is 0.187 e. The minimum absolute atomic E-state index is 0.282. The minimum Gasteiger partial charge on any atom is -0.394 e. The van der Waals surface area contributed by atoms with E-state index in [1.165, 1.54) is 27.7 Å². The SMILES string of the molecule is CC(O)COCC1OC2OC3C(CO)OC(OC4C(CO)OC(OC5C(CO)OC(OC6C(COCC(C)O)OC(OC7C(CO)OC(OC8C(COCC(C)O)OC(OC1CC2O)C(O)C8O)C(O)C7O)C(O)C6O)C(O)C5O)C(O)C4O)C(OCC(C)O)C3O. The van der Waals surface area contributed by atoms with Gasteiger partial charge in [-0.2, -0.15) is 0 Å². The molecule has 21 rings (SSSR count). The summed E-state index contributed by atoms with van der Waals surface area (Å²) in [5.74, 6) is 0. The van der Waals surface area contributed by atoms with Crippen LogP contribution in [0.1, 0.15) is 34.1 Å². The fraction of sp³-hybridized carbons (Fsp3) is 1.00. The Morgan fingerprint density at radius 2 is 0.554 bits per heavy atom. The third-order valence-corrected chi connectivity index (χ3v) is 16.6. The molecule has 21 aliphatic heterocycles. The predicted octanol–water partition coefficient (Wildman–Crippen LogP) is -12.6. The van der Waals surface area contributed by atoms with Crippen LogP contribution in [0.2, 0.25) is 0 Å². The largest absolute Gasteiger partial charge is 0.394 e. The van der Waals surface area contributed by atoms with Crippen molar-refractivity contribution in [2.75, 3.05) is 72.7 Å². The van der Waals surface area contributed by atoms with E-state index in [-0.39, 0.29) is 19.8 Å². The van der Waals surface area contributed by atoms with Crippen LogP contribution in [0.4, 0.5) is 0 Å². The highest BCUT2D eigenvalue weighted by Gasteiger charge is 2.59. The second-order valence-electron chi connectivity index (χ2n) is 24.3. The Balaban J connectivity index is 1.14. The Kier molecular flexibility index (Phi) is 28.6. The van der Waals surface area contributed by atoms with Gasteiger partial charge in [0.1, 0.15) is 159 Å². The number of aliphatic hydroxyl groups excluding tert-OH is 20. The topological polar surface area (TPSA) is 571 Å². The lowest BCUT2D eigenvalue weighted by atomic mass is 9.95. The van der Waals surface area contributed by atoms with Crippen LogP contribution in [0.5, 0.6) is 0 Å². The number of aliphatic hydroxyl groups is 20. The van der Waals surface area contributed by atoms with Gasteiger partial charge in [-0.05, 0) is 27.7 Å². The maximum atomic E-state index is 12.1. The third-order valence-electron chi connectivity index (χ3n) is 16.6. The van der Waals surface area contributed by atoms with Gasteiger partial charge in [0.25, 0.3) is 0 Å². The van der Waals surface area contributed by atoms with Crippen molar-refractivity contribution >= 4 is 0 Å². The molecule has 0 spiro atoms. The normalized spacial score (nSPS) is 48.9. The van der Waals surface area contributed by atoms with Crippen LogP contribution in [0.3, 0.4) is 0 Å². The Hall–Kier alpha value is -1.52. The summed E-state index contributed by atoms with van der Waals surface area (Å²) in [6.45, 7) is -1.72. The minimum atomic E-state index is -2.22. The summed E-state index contributed by atoms with van der Waals surface area (Å²) in [7, 11) is 0. The van der Waals surface area contributed by atoms with Gasteiger partial charge >= 0.3 is 0 Å². The molecule has 0 aliphatic carbocycles. The molecule has 0 aromatic heterocycles. The highest BCUT2D eigenvalue weighted by molar-refractivity contribution is 5.01. The van der Waals surface area contributed by atoms with Crippen molar-refractivity contribution in [3.8, 4) is 0 Å². The molecule has 21 aliphatic rings. The van der Waals surface area contributed by atoms with Gasteiger partial charge in [-0.3, -0.25) is 0 Å². The van der Waals surface area contributed by atoms with Crippen molar-refractivity contribution in [1.82, 2.24) is 0 Å². The van der Waals surface area contributed by atoms with Crippen LogP contribution in [-0.2, 0) is 85.3 Å². The van der Waals surface area contributed by atoms with E-state index < -0.39 is 293 Å². The van der Waals surface area contributed by atoms with Gasteiger partial charge in [0, 0.05) is 6.42 Å². The van der Waals surface area contributed by atoms with Crippen molar-refractivity contribution in [2.24, 2.45) is 0 Å². The van der Waals surface area contributed by atoms with Crippen molar-refractivity contribution in [1.29, 1.82) is 0 Å². The quantitative estimate of drug-likeness (QED) is 0.0571. The first-order chi connectivity index (χ1) is 43.7. The highest BCUT2D eigenvalue weighted by Crippen LogP contribution is 2.39. The summed E-state index contributed by atoms with van der Waals surface area (Å²) in [4.78, 5) is 0. The maximum absolute atomic E-state index is 12.1. The van der Waals surface area contributed by atoms with Gasteiger partial charge in [0.05, 0.1) is 103 Å². The molecule has 0 radical (unpaired) electrons. The van der Waals surface area contributed by atoms with Crippen LogP contribution >= 0.6 is 0 Å². The van der Waals surface area contributed by atoms with Crippen LogP contribution in [0, 0.1) is 0 Å². The molecular formula is C54H94O38. The van der Waals surface area contributed by atoms with Crippen LogP contribution in [-0.4, -0.2) is 408 Å². The lowest BCUT2D eigenvalue weighted by molar-refractivity contribution is -0.397. The predicted molar refractivity (Wildman–Crippen MR) is 289 cm³/mol. The van der Waals surface area contributed by atoms with E-state index in [0.717, 1.165) is 0 Å². The Morgan fingerprint density at radius 1 is 0.293 bits per heavy atom. The zero-order valence-corrected chi connectivity index (χ0v) is 50.7. The van der Waals surface area contributed by atoms with E-state index in [9.17, 15) is 102 Å². The first kappa shape index (κ1) is 76.2. The van der Waals surface area contributed by atoms with Gasteiger partial charge in [-0.1, -0.05) is 0 Å². The molecule has 21 fully saturated rings. The van der Waals surface area contributed by atoms with E-state index in [0.29, 0.717) is 0 Å². The van der Waals surface area contributed by atoms with Gasteiger partial charge in [-0.25, -0.2) is 0 Å². The van der Waals surface area contributed by atoms with E-state index in [4.69, 9.17) is 85.3 Å². The summed E-state index contributed by atoms with van der Waals surface area (Å²) in [6.07, 6.45) is -69.4. The Morgan fingerprint density at radius 3 is 0.891 bits per heavy atom. The summed E-state index contributed by atoms with van der Waals surface area (Å²) < 4.78 is 107. The lowest BCUT2D eigenvalue weighted by Crippen LogP contribution is -2.68. The standard InChI is InChI=1S/C54H94O38/c1-17(59)10-75-14-27-22-5-21(63)48(84-27)87-44-26(9-58)83-54(47(40(44)74)78-13-20(4)62)92-43-25(8-57)82-50(38(72)32(43)66)88-41-23(6-55)80-52(36(70)30(41)64)91-46-29(16-77-12-19(3)61)86-53(39(73)34(46)68)89-42-24(7-56)81-51(37(71)31(42)65)90-45-28(15-76-11-18(2)60)85-49(79-22)35(69)33(45)67/h17-74H,5-16H2,1-4H3. The van der Waals surface area contributed by atoms with E-state index in [1.54, 1.807) is 0 Å². The van der Waals surface area contributed by atoms with Crippen molar-refractivity contribution < 1.29 is 187 Å². The third kappa shape index (κ3) is 18.1. The Labute approximate surface area is 526 Å². The molecular weight excluding hydrogens is 1260 g/mol. The summed E-state index contributed by atoms with van der Waals surface area (Å²) in [5.41, 5.74) is 0. The highest BCUT2D eigenvalue weighted by atomic mass is 16.8. The fourth-order valence-corrected chi connectivity index (χ4v) is 11.8. The van der Waals surface area contributed by atoms with Gasteiger partial charge < -0.3 is 187 Å². The van der Waals surface area contributed by atoms with E-state index in [2.05, 4.69) is 0 Å². The number of hydrogen-bond donors (Lipinski definition) is 20. The molecule has 38 unspecified atom stereocenters. The second-order valence-corrected chi connectivity index (χ2v) is 24.3. The molecule has 538 valence electrons. The summed E-state index contributed by atoms with van der Waals surface area (Å²) >= 11 is 0. The zero-order valence-electron chi connectivity index (χ0n) is 50.7. The Bertz CT molecular complexity index is 2140. The van der Waals surface area contributed by atoms with E-state index >= 15 is 0 Å². The van der Waals surface area contributed by atoms with Crippen molar-refractivity contribution in [3.63, 3.8) is 0 Å². The molecule has 0 saturated carbocycles. The second kappa shape index (κ2) is 34.5. The molecule has 92 heavy (non-hydrogen) atoms. The molecule has 14 bridgehead atoms. The molecule has 38 atom stereocenters. The van der Waals surface area contributed by atoms with Gasteiger partial charge in [-0.15, -0.1) is 0 Å². The first-order valence-electron chi connectivity index (χ1n) is 30.5. The molecule has 38 heteroatoms. The van der Waals surface area contributed by atoms with Gasteiger partial charge in [0.2, 0.25) is 0 Å². The van der Waals surface area contributed by atoms with Crippen LogP contribution < -0.4 is 0 Å². The molecule has 21 heterocycles. The molecule has 38 nitrogen and oxygen atoms in total. The molecule has 0 aromatic rings. The van der Waals surface area contributed by atoms with Crippen LogP contribution in [0.15, 0.2) is 0 Å². The molecule has 21 saturated heterocycles. The number of hydrogen-bond acceptors (Lipinski definition) is 38. The zero-order chi connectivity index (χ0) is 67.2. The summed E-state index contributed by atoms with van der Waals surface area (Å²) in [6, 6.07) is 0. The summed E-state index contributed by atoms with van der Waals surface area (Å²) in [5, 5.41) is 224. The number of ether oxygens (including phenoxy) is 18. The lowest BCUT2D eigenvalue weighted by Gasteiger charge is -2.50. The van der Waals surface area contributed by atoms with Crippen LogP contribution in [0.25, 0.3) is 0 Å². The molecule has 20 N–H and O–H groups in total. The van der Waals surface area contributed by atoms with Crippen molar-refractivity contribution in [3.05, 3.63) is 0 Å². The molecule has 0 amide bonds. The average molecular weight is 1350 g/mol. The van der Waals surface area contributed by atoms with Gasteiger partial charge in [0.15, 0.2) is 44.0 Å². The smallest absolute Gasteiger partial charge is 0.187 e. The molecule has 0 aromatic carbocycles. The first-order valence-corrected chi connectivity index (χ1v) is 30.5. The van der Waals surface area contributed by atoms with E-state index in [1.807, 2.05) is 0 Å². The fourth-order valence-electron chi connectivity index (χ4n) is 11.8. The number of rotatable bonds is 19. The average Bonchev–Trinajstić information content (AvgIpc) is 0.785. The monoisotopic (exact) mass is 1350 g/mol. The van der Waals surface area contributed by atoms with Crippen molar-refractivity contribution in [2.45, 2.75) is 267 Å².